The summed E-state index contributed by atoms with van der Waals surface area (Å²) in [5.41, 5.74) is 2.86. The van der Waals surface area contributed by atoms with E-state index in [2.05, 4.69) is 0 Å². The number of fused-ring (bicyclic) bond motifs is 5. The molecule has 3 fully saturated rings. The molecule has 2 aromatic rings. The van der Waals surface area contributed by atoms with Crippen molar-refractivity contribution in [3.63, 3.8) is 0 Å². The summed E-state index contributed by atoms with van der Waals surface area (Å²) in [4.78, 5) is 38.3. The normalized spacial score (nSPS) is 26.5. The third kappa shape index (κ3) is 3.01. The van der Waals surface area contributed by atoms with Crippen molar-refractivity contribution in [3.8, 4) is 11.5 Å². The van der Waals surface area contributed by atoms with E-state index < -0.39 is 16.8 Å². The monoisotopic (exact) mass is 422 g/mol. The third-order valence-corrected chi connectivity index (χ3v) is 6.62. The van der Waals surface area contributed by atoms with Crippen LogP contribution in [0.1, 0.15) is 29.5 Å². The van der Waals surface area contributed by atoms with Crippen LogP contribution in [0.4, 0.5) is 11.4 Å². The van der Waals surface area contributed by atoms with Crippen molar-refractivity contribution in [2.24, 2.45) is 11.8 Å². The van der Waals surface area contributed by atoms with Crippen LogP contribution in [0.5, 0.6) is 11.5 Å². The number of nitro benzene ring substituents is 1. The first-order valence-corrected chi connectivity index (χ1v) is 10.3. The zero-order chi connectivity index (χ0) is 22.0. The lowest BCUT2D eigenvalue weighted by atomic mass is 9.81. The molecule has 31 heavy (non-hydrogen) atoms. The van der Waals surface area contributed by atoms with Crippen LogP contribution in [0.15, 0.2) is 30.3 Å². The van der Waals surface area contributed by atoms with Crippen LogP contribution in [0.3, 0.4) is 0 Å². The molecule has 0 N–H and O–H groups in total. The quantitative estimate of drug-likeness (QED) is 0.420. The average Bonchev–Trinajstić information content (AvgIpc) is 3.39. The summed E-state index contributed by atoms with van der Waals surface area (Å²) in [7, 11) is 0. The van der Waals surface area contributed by atoms with Crippen molar-refractivity contribution in [1.29, 1.82) is 0 Å². The van der Waals surface area contributed by atoms with E-state index in [-0.39, 0.29) is 41.1 Å². The van der Waals surface area contributed by atoms with Gasteiger partial charge < -0.3 is 9.47 Å². The van der Waals surface area contributed by atoms with Gasteiger partial charge in [-0.1, -0.05) is 6.07 Å². The topological polar surface area (TPSA) is 99.0 Å². The van der Waals surface area contributed by atoms with Gasteiger partial charge >= 0.3 is 0 Å². The Hall–Kier alpha value is -3.26. The second-order valence-electron chi connectivity index (χ2n) is 8.60. The van der Waals surface area contributed by atoms with Gasteiger partial charge in [-0.25, -0.2) is 4.90 Å². The van der Waals surface area contributed by atoms with Crippen molar-refractivity contribution in [2.75, 3.05) is 4.90 Å². The Bertz CT molecular complexity index is 1120. The number of aryl methyl sites for hydroxylation is 2. The number of non-ortho nitro benzene ring substituents is 1. The number of anilines is 1. The molecule has 8 heteroatoms. The van der Waals surface area contributed by atoms with Gasteiger partial charge in [-0.2, -0.15) is 0 Å². The average molecular weight is 422 g/mol. The lowest BCUT2D eigenvalue weighted by Gasteiger charge is -2.19. The molecule has 3 heterocycles. The van der Waals surface area contributed by atoms with Gasteiger partial charge in [0.25, 0.3) is 5.69 Å². The molecule has 160 valence electrons. The molecule has 0 aromatic heterocycles. The number of carbonyl (C=O) groups excluding carboxylic acids is 2. The van der Waals surface area contributed by atoms with Crippen LogP contribution in [0.2, 0.25) is 0 Å². The largest absolute Gasteiger partial charge is 0.457 e. The Morgan fingerprint density at radius 2 is 1.65 bits per heavy atom. The number of hydrogen-bond acceptors (Lipinski definition) is 6. The SMILES string of the molecule is Cc1cc(C)c(C)c(Oc2cc(N3C(=O)[C@H]4[C@H](C3=O)[C@H]3CC[C@H]4O3)cc([N+](=O)[O-])c2)c1. The van der Waals surface area contributed by atoms with E-state index in [0.29, 0.717) is 5.75 Å². The number of hydrogen-bond donors (Lipinski definition) is 0. The van der Waals surface area contributed by atoms with Crippen molar-refractivity contribution in [1.82, 2.24) is 0 Å². The number of ether oxygens (including phenoxy) is 2. The van der Waals surface area contributed by atoms with Crippen molar-refractivity contribution in [3.05, 3.63) is 57.1 Å². The fraction of sp³-hybridized carbons (Fsp3) is 0.391. The number of imide groups is 1. The molecule has 0 unspecified atom stereocenters. The molecule has 0 saturated carbocycles. The number of rotatable bonds is 4. The number of nitro groups is 1. The highest BCUT2D eigenvalue weighted by atomic mass is 16.6. The maximum absolute atomic E-state index is 13.1. The Balaban J connectivity index is 1.55. The second kappa shape index (κ2) is 6.88. The number of carbonyl (C=O) groups is 2. The predicted molar refractivity (Wildman–Crippen MR) is 111 cm³/mol. The van der Waals surface area contributed by atoms with Crippen molar-refractivity contribution >= 4 is 23.2 Å². The summed E-state index contributed by atoms with van der Waals surface area (Å²) in [5.74, 6) is -0.930. The maximum atomic E-state index is 13.1. The highest BCUT2D eigenvalue weighted by molar-refractivity contribution is 6.23. The lowest BCUT2D eigenvalue weighted by Crippen LogP contribution is -2.34. The van der Waals surface area contributed by atoms with Gasteiger partial charge in [0.1, 0.15) is 11.5 Å². The molecule has 0 radical (unpaired) electrons. The lowest BCUT2D eigenvalue weighted by molar-refractivity contribution is -0.384. The van der Waals surface area contributed by atoms with Crippen molar-refractivity contribution in [2.45, 2.75) is 45.8 Å². The Morgan fingerprint density at radius 1 is 1.00 bits per heavy atom. The molecule has 2 bridgehead atoms. The molecule has 2 amide bonds. The minimum Gasteiger partial charge on any atom is -0.457 e. The first-order chi connectivity index (χ1) is 14.7. The van der Waals surface area contributed by atoms with Gasteiger partial charge in [0, 0.05) is 12.1 Å². The summed E-state index contributed by atoms with van der Waals surface area (Å²) < 4.78 is 11.8. The van der Waals surface area contributed by atoms with E-state index in [4.69, 9.17) is 9.47 Å². The summed E-state index contributed by atoms with van der Waals surface area (Å²) >= 11 is 0. The van der Waals surface area contributed by atoms with Crippen LogP contribution >= 0.6 is 0 Å². The van der Waals surface area contributed by atoms with Gasteiger partial charge in [-0.3, -0.25) is 19.7 Å². The van der Waals surface area contributed by atoms with Gasteiger partial charge in [0.15, 0.2) is 0 Å². The van der Waals surface area contributed by atoms with E-state index >= 15 is 0 Å². The molecule has 0 spiro atoms. The molecule has 3 aliphatic heterocycles. The molecular weight excluding hydrogens is 400 g/mol. The Morgan fingerprint density at radius 3 is 2.26 bits per heavy atom. The van der Waals surface area contributed by atoms with Crippen LogP contribution in [0, 0.1) is 42.7 Å². The fourth-order valence-electron chi connectivity index (χ4n) is 5.06. The summed E-state index contributed by atoms with van der Waals surface area (Å²) in [6.45, 7) is 5.81. The maximum Gasteiger partial charge on any atom is 0.275 e. The van der Waals surface area contributed by atoms with Gasteiger partial charge in [-0.15, -0.1) is 0 Å². The highest BCUT2D eigenvalue weighted by Crippen LogP contribution is 2.50. The zero-order valence-corrected chi connectivity index (χ0v) is 17.5. The minimum absolute atomic E-state index is 0.162. The minimum atomic E-state index is -0.552. The van der Waals surface area contributed by atoms with Gasteiger partial charge in [0.2, 0.25) is 11.8 Å². The third-order valence-electron chi connectivity index (χ3n) is 6.62. The molecule has 5 rings (SSSR count). The van der Waals surface area contributed by atoms with Crippen LogP contribution in [-0.2, 0) is 14.3 Å². The molecule has 2 aromatic carbocycles. The molecule has 3 aliphatic rings. The van der Waals surface area contributed by atoms with Gasteiger partial charge in [-0.05, 0) is 56.4 Å². The second-order valence-corrected chi connectivity index (χ2v) is 8.60. The van der Waals surface area contributed by atoms with E-state index in [1.165, 1.54) is 18.2 Å². The summed E-state index contributed by atoms with van der Waals surface area (Å²) in [5, 5.41) is 11.6. The molecule has 8 nitrogen and oxygen atoms in total. The summed E-state index contributed by atoms with van der Waals surface area (Å²) in [6, 6.07) is 7.95. The highest BCUT2D eigenvalue weighted by Gasteiger charge is 2.62. The van der Waals surface area contributed by atoms with E-state index in [1.807, 2.05) is 32.9 Å². The number of nitrogens with zero attached hydrogens (tertiary/aromatic N) is 2. The molecular formula is C23H22N2O6. The standard InChI is InChI=1S/C23H22N2O6/c1-11-6-12(2)13(3)19(7-11)30-16-9-14(8-15(10-16)25(28)29)24-22(26)20-17-4-5-18(31-17)21(20)23(24)27/h6-10,17-18,20-21H,4-5H2,1-3H3/t17-,18-,20-,21-/m1/s1. The van der Waals surface area contributed by atoms with E-state index in [9.17, 15) is 19.7 Å². The Labute approximate surface area is 178 Å². The smallest absolute Gasteiger partial charge is 0.275 e. The molecule has 4 atom stereocenters. The number of benzene rings is 2. The summed E-state index contributed by atoms with van der Waals surface area (Å²) in [6.07, 6.45) is 1.02. The molecule has 0 aliphatic carbocycles. The first-order valence-electron chi connectivity index (χ1n) is 10.3. The van der Waals surface area contributed by atoms with Crippen LogP contribution in [0.25, 0.3) is 0 Å². The molecule has 3 saturated heterocycles. The van der Waals surface area contributed by atoms with E-state index in [0.717, 1.165) is 34.4 Å². The Kier molecular flexibility index (Phi) is 4.37. The predicted octanol–water partition coefficient (Wildman–Crippen LogP) is 3.98. The zero-order valence-electron chi connectivity index (χ0n) is 17.5. The van der Waals surface area contributed by atoms with Crippen molar-refractivity contribution < 1.29 is 24.0 Å². The number of amides is 2. The van der Waals surface area contributed by atoms with Gasteiger partial charge in [0.05, 0.1) is 40.7 Å². The van der Waals surface area contributed by atoms with E-state index in [1.54, 1.807) is 0 Å². The van der Waals surface area contributed by atoms with Crippen LogP contribution in [-0.4, -0.2) is 28.9 Å². The van der Waals surface area contributed by atoms with Crippen LogP contribution < -0.4 is 9.64 Å². The first kappa shape index (κ1) is 19.7. The fourth-order valence-corrected chi connectivity index (χ4v) is 5.06.